The first-order chi connectivity index (χ1) is 7.83. The molecule has 0 saturated carbocycles. The van der Waals surface area contributed by atoms with Gasteiger partial charge in [-0.05, 0) is 20.8 Å². The lowest BCUT2D eigenvalue weighted by Crippen LogP contribution is -2.48. The van der Waals surface area contributed by atoms with Gasteiger partial charge in [0.25, 0.3) is 0 Å². The minimum atomic E-state index is -0.523. The van der Waals surface area contributed by atoms with Gasteiger partial charge in [-0.3, -0.25) is 0 Å². The molecule has 0 amide bonds. The molecule has 0 aromatic heterocycles. The average molecular weight is 245 g/mol. The highest BCUT2D eigenvalue weighted by Gasteiger charge is 2.36. The minimum Gasteiger partial charge on any atom is -0.367 e. The van der Waals surface area contributed by atoms with E-state index in [2.05, 4.69) is 0 Å². The number of hydrogen-bond donors (Lipinski definition) is 0. The maximum atomic E-state index is 11.7. The van der Waals surface area contributed by atoms with Gasteiger partial charge in [0, 0.05) is 40.2 Å². The zero-order chi connectivity index (χ0) is 13.1. The highest BCUT2D eigenvalue weighted by Crippen LogP contribution is 2.27. The lowest BCUT2D eigenvalue weighted by molar-refractivity contribution is -0.265. The standard InChI is InChI=1S/C12H23NO4/c1-11(2,3)10(14)17-13-8-6-12(15-4,16-5)7-9-13/h6-9H2,1-5H3. The predicted molar refractivity (Wildman–Crippen MR) is 63.1 cm³/mol. The van der Waals surface area contributed by atoms with Crippen molar-refractivity contribution in [1.82, 2.24) is 5.06 Å². The van der Waals surface area contributed by atoms with Gasteiger partial charge in [0.1, 0.15) is 0 Å². The summed E-state index contributed by atoms with van der Waals surface area (Å²) in [6.45, 7) is 6.78. The van der Waals surface area contributed by atoms with E-state index in [-0.39, 0.29) is 5.97 Å². The van der Waals surface area contributed by atoms with Gasteiger partial charge in [-0.25, -0.2) is 4.79 Å². The highest BCUT2D eigenvalue weighted by atomic mass is 16.7. The number of piperidine rings is 1. The summed E-state index contributed by atoms with van der Waals surface area (Å²) in [4.78, 5) is 17.0. The SMILES string of the molecule is COC1(OC)CCN(OC(=O)C(C)(C)C)CC1. The molecular weight excluding hydrogens is 222 g/mol. The Kier molecular flexibility index (Phi) is 4.52. The summed E-state index contributed by atoms with van der Waals surface area (Å²) >= 11 is 0. The van der Waals surface area contributed by atoms with Gasteiger partial charge in [0.15, 0.2) is 5.79 Å². The molecule has 0 aliphatic carbocycles. The van der Waals surface area contributed by atoms with Crippen LogP contribution in [0.4, 0.5) is 0 Å². The van der Waals surface area contributed by atoms with Crippen LogP contribution < -0.4 is 0 Å². The van der Waals surface area contributed by atoms with Crippen LogP contribution in [0.15, 0.2) is 0 Å². The lowest BCUT2D eigenvalue weighted by Gasteiger charge is -2.38. The summed E-state index contributed by atoms with van der Waals surface area (Å²) in [7, 11) is 3.28. The zero-order valence-electron chi connectivity index (χ0n) is 11.4. The van der Waals surface area contributed by atoms with Gasteiger partial charge in [-0.1, -0.05) is 0 Å². The molecule has 1 rings (SSSR count). The fraction of sp³-hybridized carbons (Fsp3) is 0.917. The minimum absolute atomic E-state index is 0.208. The topological polar surface area (TPSA) is 48.0 Å². The molecular formula is C12H23NO4. The van der Waals surface area contributed by atoms with Crippen LogP contribution in [0.5, 0.6) is 0 Å². The van der Waals surface area contributed by atoms with Gasteiger partial charge in [-0.2, -0.15) is 0 Å². The molecule has 0 aromatic rings. The molecule has 1 saturated heterocycles. The van der Waals surface area contributed by atoms with Gasteiger partial charge >= 0.3 is 5.97 Å². The van der Waals surface area contributed by atoms with Crippen molar-refractivity contribution >= 4 is 5.97 Å². The third-order valence-corrected chi connectivity index (χ3v) is 3.05. The first-order valence-corrected chi connectivity index (χ1v) is 5.91. The van der Waals surface area contributed by atoms with Crippen LogP contribution in [0.3, 0.4) is 0 Å². The number of nitrogens with zero attached hydrogens (tertiary/aromatic N) is 1. The molecule has 0 unspecified atom stereocenters. The van der Waals surface area contributed by atoms with E-state index in [0.29, 0.717) is 25.9 Å². The summed E-state index contributed by atoms with van der Waals surface area (Å²) in [6.07, 6.45) is 1.38. The van der Waals surface area contributed by atoms with Crippen molar-refractivity contribution in [1.29, 1.82) is 0 Å². The molecule has 5 heteroatoms. The Morgan fingerprint density at radius 2 is 1.59 bits per heavy atom. The van der Waals surface area contributed by atoms with E-state index in [1.807, 2.05) is 20.8 Å². The van der Waals surface area contributed by atoms with Crippen molar-refractivity contribution in [3.05, 3.63) is 0 Å². The van der Waals surface area contributed by atoms with Crippen LogP contribution in [0.2, 0.25) is 0 Å². The van der Waals surface area contributed by atoms with Crippen LogP contribution >= 0.6 is 0 Å². The summed E-state index contributed by atoms with van der Waals surface area (Å²) in [5, 5.41) is 1.68. The van der Waals surface area contributed by atoms with Crippen molar-refractivity contribution in [2.75, 3.05) is 27.3 Å². The van der Waals surface area contributed by atoms with Crippen molar-refractivity contribution in [3.8, 4) is 0 Å². The van der Waals surface area contributed by atoms with Gasteiger partial charge < -0.3 is 14.3 Å². The van der Waals surface area contributed by atoms with Gasteiger partial charge in [0.05, 0.1) is 5.41 Å². The Morgan fingerprint density at radius 1 is 1.12 bits per heavy atom. The number of carbonyl (C=O) groups is 1. The molecule has 0 spiro atoms. The number of hydroxylamine groups is 2. The molecule has 0 aromatic carbocycles. The largest absolute Gasteiger partial charge is 0.367 e. The molecule has 0 atom stereocenters. The molecule has 0 N–H and O–H groups in total. The second-order valence-corrected chi connectivity index (χ2v) is 5.38. The Labute approximate surface area is 103 Å². The van der Waals surface area contributed by atoms with Crippen molar-refractivity contribution in [2.45, 2.75) is 39.4 Å². The maximum Gasteiger partial charge on any atom is 0.330 e. The van der Waals surface area contributed by atoms with Crippen LogP contribution in [0.1, 0.15) is 33.6 Å². The third kappa shape index (κ3) is 3.66. The zero-order valence-corrected chi connectivity index (χ0v) is 11.4. The number of carbonyl (C=O) groups excluding carboxylic acids is 1. The van der Waals surface area contributed by atoms with E-state index in [1.54, 1.807) is 19.3 Å². The number of ether oxygens (including phenoxy) is 2. The second-order valence-electron chi connectivity index (χ2n) is 5.38. The Balaban J connectivity index is 2.45. The third-order valence-electron chi connectivity index (χ3n) is 3.05. The quantitative estimate of drug-likeness (QED) is 0.706. The van der Waals surface area contributed by atoms with Crippen LogP contribution in [0.25, 0.3) is 0 Å². The number of methoxy groups -OCH3 is 2. The van der Waals surface area contributed by atoms with E-state index in [1.165, 1.54) is 0 Å². The Morgan fingerprint density at radius 3 is 1.94 bits per heavy atom. The fourth-order valence-electron chi connectivity index (χ4n) is 1.66. The van der Waals surface area contributed by atoms with E-state index >= 15 is 0 Å². The maximum absolute atomic E-state index is 11.7. The summed E-state index contributed by atoms with van der Waals surface area (Å²) in [5.74, 6) is -0.732. The van der Waals surface area contributed by atoms with Crippen LogP contribution in [-0.2, 0) is 19.1 Å². The first-order valence-electron chi connectivity index (χ1n) is 5.91. The molecule has 0 bridgehead atoms. The molecule has 0 radical (unpaired) electrons. The Hall–Kier alpha value is -0.650. The molecule has 100 valence electrons. The van der Waals surface area contributed by atoms with E-state index in [9.17, 15) is 4.79 Å². The van der Waals surface area contributed by atoms with Crippen LogP contribution in [-0.4, -0.2) is 44.1 Å². The van der Waals surface area contributed by atoms with Gasteiger partial charge in [0.2, 0.25) is 0 Å². The van der Waals surface area contributed by atoms with Crippen molar-refractivity contribution < 1.29 is 19.1 Å². The smallest absolute Gasteiger partial charge is 0.330 e. The molecule has 1 aliphatic rings. The summed E-state index contributed by atoms with van der Waals surface area (Å²) < 4.78 is 10.7. The summed E-state index contributed by atoms with van der Waals surface area (Å²) in [5.41, 5.74) is -0.475. The average Bonchev–Trinajstić information content (AvgIpc) is 2.29. The Bertz CT molecular complexity index is 258. The first kappa shape index (κ1) is 14.4. The lowest BCUT2D eigenvalue weighted by atomic mass is 9.98. The monoisotopic (exact) mass is 245 g/mol. The van der Waals surface area contributed by atoms with Crippen molar-refractivity contribution in [2.24, 2.45) is 5.41 Å². The predicted octanol–water partition coefficient (Wildman–Crippen LogP) is 1.58. The number of hydrogen-bond acceptors (Lipinski definition) is 5. The fourth-order valence-corrected chi connectivity index (χ4v) is 1.66. The molecule has 1 heterocycles. The molecule has 5 nitrogen and oxygen atoms in total. The molecule has 1 aliphatic heterocycles. The van der Waals surface area contributed by atoms with E-state index in [0.717, 1.165) is 0 Å². The highest BCUT2D eigenvalue weighted by molar-refractivity contribution is 5.75. The van der Waals surface area contributed by atoms with Crippen molar-refractivity contribution in [3.63, 3.8) is 0 Å². The molecule has 1 fully saturated rings. The summed E-state index contributed by atoms with van der Waals surface area (Å²) in [6, 6.07) is 0. The van der Waals surface area contributed by atoms with E-state index < -0.39 is 11.2 Å². The number of rotatable bonds is 3. The normalized spacial score (nSPS) is 21.2. The second kappa shape index (κ2) is 5.33. The van der Waals surface area contributed by atoms with Crippen LogP contribution in [0, 0.1) is 5.41 Å². The van der Waals surface area contributed by atoms with E-state index in [4.69, 9.17) is 14.3 Å². The molecule has 17 heavy (non-hydrogen) atoms. The van der Waals surface area contributed by atoms with Gasteiger partial charge in [-0.15, -0.1) is 5.06 Å².